The van der Waals surface area contributed by atoms with Gasteiger partial charge in [-0.1, -0.05) is 63.7 Å². The van der Waals surface area contributed by atoms with Gasteiger partial charge in [0.15, 0.2) is 11.5 Å². The van der Waals surface area contributed by atoms with Gasteiger partial charge in [-0.3, -0.25) is 0 Å². The maximum atomic E-state index is 11.3. The Morgan fingerprint density at radius 1 is 0.919 bits per heavy atom. The van der Waals surface area contributed by atoms with Gasteiger partial charge in [-0.2, -0.15) is 5.26 Å². The maximum Gasteiger partial charge on any atom is 0.333 e. The van der Waals surface area contributed by atoms with Crippen LogP contribution in [0.2, 0.25) is 0 Å². The second-order valence-corrected chi connectivity index (χ2v) is 9.25. The Morgan fingerprint density at radius 3 is 2.19 bits per heavy atom. The summed E-state index contributed by atoms with van der Waals surface area (Å²) in [5, 5.41) is 9.62. The van der Waals surface area contributed by atoms with Crippen molar-refractivity contribution in [1.29, 1.82) is 5.26 Å². The van der Waals surface area contributed by atoms with E-state index in [2.05, 4.69) is 12.6 Å². The summed E-state index contributed by atoms with van der Waals surface area (Å²) < 4.78 is 21.7. The predicted molar refractivity (Wildman–Crippen MR) is 145 cm³/mol. The van der Waals surface area contributed by atoms with Crippen molar-refractivity contribution >= 4 is 17.6 Å². The summed E-state index contributed by atoms with van der Waals surface area (Å²) in [5.74, 6) is 1.92. The molecular weight excluding hydrogens is 466 g/mol. The number of nitrogens with zero attached hydrogens (tertiary/aromatic N) is 1. The molecule has 37 heavy (non-hydrogen) atoms. The molecule has 0 saturated heterocycles. The number of esters is 1. The highest BCUT2D eigenvalue weighted by molar-refractivity contribution is 5.90. The molecule has 2 aromatic rings. The first-order valence-corrected chi connectivity index (χ1v) is 13.1. The van der Waals surface area contributed by atoms with E-state index in [1.165, 1.54) is 38.5 Å². The third-order valence-electron chi connectivity index (χ3n) is 6.13. The molecule has 0 aliphatic carbocycles. The zero-order valence-electron chi connectivity index (χ0n) is 21.8. The molecule has 3 rings (SSSR count). The molecule has 6 nitrogen and oxygen atoms in total. The van der Waals surface area contributed by atoms with Crippen molar-refractivity contribution in [1.82, 2.24) is 0 Å². The largest absolute Gasteiger partial charge is 0.494 e. The molecule has 0 spiro atoms. The van der Waals surface area contributed by atoms with Crippen LogP contribution in [0.3, 0.4) is 0 Å². The van der Waals surface area contributed by atoms with Crippen molar-refractivity contribution in [3.8, 4) is 23.3 Å². The van der Waals surface area contributed by atoms with Gasteiger partial charge >= 0.3 is 5.97 Å². The van der Waals surface area contributed by atoms with Gasteiger partial charge in [-0.05, 0) is 67.3 Å². The van der Waals surface area contributed by atoms with Crippen LogP contribution >= 0.6 is 0 Å². The fourth-order valence-electron chi connectivity index (χ4n) is 3.99. The second kappa shape index (κ2) is 15.4. The maximum absolute atomic E-state index is 11.3. The van der Waals surface area contributed by atoms with Gasteiger partial charge in [-0.25, -0.2) is 4.79 Å². The lowest BCUT2D eigenvalue weighted by Crippen LogP contribution is -2.05. The number of benzene rings is 2. The number of fused-ring (bicyclic) bond motifs is 1. The Hall–Kier alpha value is -3.72. The summed E-state index contributed by atoms with van der Waals surface area (Å²) in [6, 6.07) is 15.6. The lowest BCUT2D eigenvalue weighted by atomic mass is 10.0. The molecule has 0 unspecified atom stereocenters. The third kappa shape index (κ3) is 9.69. The van der Waals surface area contributed by atoms with Crippen LogP contribution in [0.25, 0.3) is 11.6 Å². The van der Waals surface area contributed by atoms with E-state index in [1.807, 2.05) is 48.5 Å². The molecule has 0 N–H and O–H groups in total. The van der Waals surface area contributed by atoms with E-state index in [0.29, 0.717) is 35.9 Å². The third-order valence-corrected chi connectivity index (χ3v) is 6.13. The van der Waals surface area contributed by atoms with Crippen molar-refractivity contribution < 1.29 is 23.7 Å². The summed E-state index contributed by atoms with van der Waals surface area (Å²) in [5.41, 5.74) is 2.76. The van der Waals surface area contributed by atoms with Crippen molar-refractivity contribution in [2.45, 2.75) is 64.7 Å². The standard InChI is InChI=1S/C31H37NO5/c1-24(2)31(33)35-19-11-9-7-5-3-4-6-8-10-18-34-28-15-12-25(13-16-28)20-27(22-32)26-14-17-29-30(21-26)37-23-36-29/h12-17,20-21H,1,3-11,18-19,23H2,2H3/b27-20+. The van der Waals surface area contributed by atoms with E-state index in [-0.39, 0.29) is 12.8 Å². The van der Waals surface area contributed by atoms with Gasteiger partial charge in [0.1, 0.15) is 5.75 Å². The molecule has 0 atom stereocenters. The fourth-order valence-corrected chi connectivity index (χ4v) is 3.99. The average molecular weight is 504 g/mol. The molecule has 0 radical (unpaired) electrons. The minimum atomic E-state index is -0.291. The average Bonchev–Trinajstić information content (AvgIpc) is 3.38. The van der Waals surface area contributed by atoms with Crippen LogP contribution in [0.15, 0.2) is 54.6 Å². The minimum Gasteiger partial charge on any atom is -0.494 e. The van der Waals surface area contributed by atoms with Gasteiger partial charge in [0.05, 0.1) is 24.9 Å². The summed E-state index contributed by atoms with van der Waals surface area (Å²) >= 11 is 0. The highest BCUT2D eigenvalue weighted by Gasteiger charge is 2.14. The minimum absolute atomic E-state index is 0.213. The zero-order chi connectivity index (χ0) is 26.3. The van der Waals surface area contributed by atoms with Crippen LogP contribution in [0.4, 0.5) is 0 Å². The number of nitriles is 1. The van der Waals surface area contributed by atoms with Crippen LogP contribution in [-0.2, 0) is 9.53 Å². The van der Waals surface area contributed by atoms with Crippen LogP contribution in [-0.4, -0.2) is 26.0 Å². The van der Waals surface area contributed by atoms with Gasteiger partial charge in [0, 0.05) is 5.57 Å². The van der Waals surface area contributed by atoms with E-state index in [0.717, 1.165) is 36.1 Å². The molecule has 0 bridgehead atoms. The molecule has 1 aliphatic rings. The predicted octanol–water partition coefficient (Wildman–Crippen LogP) is 7.49. The molecule has 0 fully saturated rings. The SMILES string of the molecule is C=C(C)C(=O)OCCCCCCCCCCCOc1ccc(/C=C(\C#N)c2ccc3c(c2)OCO3)cc1. The van der Waals surface area contributed by atoms with E-state index < -0.39 is 0 Å². The Bertz CT molecular complexity index is 1100. The Labute approximate surface area is 220 Å². The molecule has 0 amide bonds. The molecule has 196 valence electrons. The first-order valence-electron chi connectivity index (χ1n) is 13.1. The number of carbonyl (C=O) groups excluding carboxylic acids is 1. The van der Waals surface area contributed by atoms with E-state index in [4.69, 9.17) is 18.9 Å². The molecule has 1 heterocycles. The number of rotatable bonds is 16. The van der Waals surface area contributed by atoms with Gasteiger partial charge in [-0.15, -0.1) is 0 Å². The van der Waals surface area contributed by atoms with Crippen LogP contribution in [0.1, 0.15) is 75.8 Å². The quantitative estimate of drug-likeness (QED) is 0.0776. The molecule has 6 heteroatoms. The number of allylic oxidation sites excluding steroid dienone is 1. The fraction of sp³-hybridized carbons (Fsp3) is 0.419. The number of ether oxygens (including phenoxy) is 4. The Morgan fingerprint density at radius 2 is 1.54 bits per heavy atom. The highest BCUT2D eigenvalue weighted by atomic mass is 16.7. The van der Waals surface area contributed by atoms with Gasteiger partial charge < -0.3 is 18.9 Å². The summed E-state index contributed by atoms with van der Waals surface area (Å²) in [6.45, 7) is 6.66. The summed E-state index contributed by atoms with van der Waals surface area (Å²) in [6.07, 6.45) is 12.2. The first-order chi connectivity index (χ1) is 18.1. The molecular formula is C31H37NO5. The monoisotopic (exact) mass is 503 g/mol. The van der Waals surface area contributed by atoms with E-state index in [1.54, 1.807) is 6.92 Å². The molecule has 0 aromatic heterocycles. The summed E-state index contributed by atoms with van der Waals surface area (Å²) in [7, 11) is 0. The number of carbonyl (C=O) groups is 1. The van der Waals surface area contributed by atoms with Crippen LogP contribution in [0, 0.1) is 11.3 Å². The van der Waals surface area contributed by atoms with Crippen molar-refractivity contribution in [2.24, 2.45) is 0 Å². The highest BCUT2D eigenvalue weighted by Crippen LogP contribution is 2.34. The summed E-state index contributed by atoms with van der Waals surface area (Å²) in [4.78, 5) is 11.3. The van der Waals surface area contributed by atoms with Crippen molar-refractivity contribution in [2.75, 3.05) is 20.0 Å². The number of hydrogen-bond acceptors (Lipinski definition) is 6. The Balaban J connectivity index is 1.25. The number of hydrogen-bond donors (Lipinski definition) is 0. The topological polar surface area (TPSA) is 77.8 Å². The normalized spacial score (nSPS) is 12.2. The van der Waals surface area contributed by atoms with Crippen LogP contribution < -0.4 is 14.2 Å². The zero-order valence-corrected chi connectivity index (χ0v) is 21.8. The van der Waals surface area contributed by atoms with Crippen molar-refractivity contribution in [3.05, 3.63) is 65.7 Å². The van der Waals surface area contributed by atoms with Gasteiger partial charge in [0.25, 0.3) is 0 Å². The molecule has 1 aliphatic heterocycles. The first kappa shape index (κ1) is 27.9. The lowest BCUT2D eigenvalue weighted by Gasteiger charge is -2.07. The smallest absolute Gasteiger partial charge is 0.333 e. The number of unbranched alkanes of at least 4 members (excludes halogenated alkanes) is 8. The van der Waals surface area contributed by atoms with E-state index >= 15 is 0 Å². The Kier molecular flexibility index (Phi) is 11.6. The van der Waals surface area contributed by atoms with Crippen LogP contribution in [0.5, 0.6) is 17.2 Å². The second-order valence-electron chi connectivity index (χ2n) is 9.25. The molecule has 0 saturated carbocycles. The molecule has 2 aromatic carbocycles. The lowest BCUT2D eigenvalue weighted by molar-refractivity contribution is -0.139. The van der Waals surface area contributed by atoms with Gasteiger partial charge in [0.2, 0.25) is 6.79 Å². The van der Waals surface area contributed by atoms with E-state index in [9.17, 15) is 10.1 Å². The van der Waals surface area contributed by atoms with Crippen molar-refractivity contribution in [3.63, 3.8) is 0 Å².